The molecule has 0 radical (unpaired) electrons. The summed E-state index contributed by atoms with van der Waals surface area (Å²) in [5.41, 5.74) is 0. The molecule has 1 unspecified atom stereocenters. The number of nitrogens with zero attached hydrogens (tertiary/aromatic N) is 1. The molecule has 1 atom stereocenters. The van der Waals surface area contributed by atoms with Gasteiger partial charge in [-0.25, -0.2) is 0 Å². The minimum absolute atomic E-state index is 0.00729. The molecule has 0 bridgehead atoms. The summed E-state index contributed by atoms with van der Waals surface area (Å²) in [7, 11) is 0. The quantitative estimate of drug-likeness (QED) is 0.541. The molecule has 1 heterocycles. The Morgan fingerprint density at radius 3 is 2.88 bits per heavy atom. The average molecular weight is 242 g/mol. The summed E-state index contributed by atoms with van der Waals surface area (Å²) < 4.78 is 5.14. The maximum Gasteiger partial charge on any atom is 0.323 e. The normalized spacial score (nSPS) is 21.4. The van der Waals surface area contributed by atoms with Gasteiger partial charge in [0.25, 0.3) is 0 Å². The number of carbonyl (C=O) groups is 1. The second-order valence-electron chi connectivity index (χ2n) is 4.55. The molecule has 4 heteroatoms. The summed E-state index contributed by atoms with van der Waals surface area (Å²) in [6.45, 7) is 8.50. The summed E-state index contributed by atoms with van der Waals surface area (Å²) >= 11 is 0. The number of hydrogen-bond acceptors (Lipinski definition) is 4. The zero-order chi connectivity index (χ0) is 12.5. The lowest BCUT2D eigenvalue weighted by molar-refractivity contribution is -0.150. The molecule has 1 saturated heterocycles. The van der Waals surface area contributed by atoms with E-state index in [4.69, 9.17) is 4.74 Å². The topological polar surface area (TPSA) is 41.6 Å². The van der Waals surface area contributed by atoms with Crippen molar-refractivity contribution in [2.75, 3.05) is 32.8 Å². The van der Waals surface area contributed by atoms with Crippen LogP contribution in [0.1, 0.15) is 39.5 Å². The lowest BCUT2D eigenvalue weighted by atomic mass is 10.0. The Morgan fingerprint density at radius 1 is 1.35 bits per heavy atom. The number of carbonyl (C=O) groups excluding carboxylic acids is 1. The van der Waals surface area contributed by atoms with Gasteiger partial charge in [0, 0.05) is 13.1 Å². The molecule has 1 rings (SSSR count). The summed E-state index contributed by atoms with van der Waals surface area (Å²) in [5.74, 6) is -0.0392. The van der Waals surface area contributed by atoms with Crippen LogP contribution < -0.4 is 5.32 Å². The molecule has 17 heavy (non-hydrogen) atoms. The second kappa shape index (κ2) is 8.48. The largest absolute Gasteiger partial charge is 0.465 e. The molecule has 0 aromatic rings. The van der Waals surface area contributed by atoms with Crippen LogP contribution in [-0.4, -0.2) is 49.7 Å². The van der Waals surface area contributed by atoms with Crippen molar-refractivity contribution < 1.29 is 9.53 Å². The van der Waals surface area contributed by atoms with E-state index >= 15 is 0 Å². The minimum atomic E-state index is -0.0392. The van der Waals surface area contributed by atoms with Gasteiger partial charge in [-0.15, -0.1) is 0 Å². The highest BCUT2D eigenvalue weighted by molar-refractivity contribution is 5.75. The molecule has 1 N–H and O–H groups in total. The van der Waals surface area contributed by atoms with E-state index in [1.165, 1.54) is 6.42 Å². The molecule has 0 aliphatic carbocycles. The predicted molar refractivity (Wildman–Crippen MR) is 69.0 cm³/mol. The second-order valence-corrected chi connectivity index (χ2v) is 4.55. The summed E-state index contributed by atoms with van der Waals surface area (Å²) in [5, 5.41) is 3.38. The smallest absolute Gasteiger partial charge is 0.323 e. The number of nitrogens with one attached hydrogen (secondary N) is 1. The number of hydrogen-bond donors (Lipinski definition) is 1. The van der Waals surface area contributed by atoms with E-state index in [0.717, 1.165) is 45.4 Å². The van der Waals surface area contributed by atoms with Gasteiger partial charge in [-0.1, -0.05) is 13.3 Å². The van der Waals surface area contributed by atoms with E-state index in [0.29, 0.717) is 6.61 Å². The van der Waals surface area contributed by atoms with Crippen molar-refractivity contribution in [3.8, 4) is 0 Å². The first-order valence-corrected chi connectivity index (χ1v) is 6.91. The Balaban J connectivity index is 2.34. The molecule has 4 nitrogen and oxygen atoms in total. The third-order valence-corrected chi connectivity index (χ3v) is 3.17. The van der Waals surface area contributed by atoms with Gasteiger partial charge in [-0.3, -0.25) is 9.69 Å². The van der Waals surface area contributed by atoms with Crippen LogP contribution in [0, 0.1) is 0 Å². The van der Waals surface area contributed by atoms with Crippen LogP contribution in [0.3, 0.4) is 0 Å². The highest BCUT2D eigenvalue weighted by atomic mass is 16.5. The maximum atomic E-state index is 11.8. The Bertz CT molecular complexity index is 221. The average Bonchev–Trinajstić information content (AvgIpc) is 2.35. The van der Waals surface area contributed by atoms with E-state index in [1.807, 2.05) is 6.92 Å². The molecule has 0 amide bonds. The van der Waals surface area contributed by atoms with Gasteiger partial charge >= 0.3 is 5.97 Å². The monoisotopic (exact) mass is 242 g/mol. The Labute approximate surface area is 105 Å². The van der Waals surface area contributed by atoms with Crippen LogP contribution in [0.25, 0.3) is 0 Å². The van der Waals surface area contributed by atoms with Crippen molar-refractivity contribution in [3.63, 3.8) is 0 Å². The molecule has 0 aromatic heterocycles. The number of ether oxygens (including phenoxy) is 1. The molecule has 1 aliphatic rings. The van der Waals surface area contributed by atoms with Crippen molar-refractivity contribution in [1.82, 2.24) is 10.2 Å². The SMILES string of the molecule is CCCNCCN1CCCCC1C(=O)OCC. The van der Waals surface area contributed by atoms with Crippen LogP contribution in [0.2, 0.25) is 0 Å². The van der Waals surface area contributed by atoms with Crippen molar-refractivity contribution in [2.45, 2.75) is 45.6 Å². The zero-order valence-electron chi connectivity index (χ0n) is 11.2. The summed E-state index contributed by atoms with van der Waals surface area (Å²) in [6.07, 6.45) is 4.44. The molecule has 1 fully saturated rings. The molecule has 1 aliphatic heterocycles. The van der Waals surface area contributed by atoms with Gasteiger partial charge in [0.2, 0.25) is 0 Å². The van der Waals surface area contributed by atoms with Crippen LogP contribution in [0.4, 0.5) is 0 Å². The van der Waals surface area contributed by atoms with Crippen molar-refractivity contribution in [3.05, 3.63) is 0 Å². The predicted octanol–water partition coefficient (Wildman–Crippen LogP) is 1.40. The van der Waals surface area contributed by atoms with Gasteiger partial charge in [-0.2, -0.15) is 0 Å². The number of piperidine rings is 1. The molecule has 0 saturated carbocycles. The fraction of sp³-hybridized carbons (Fsp3) is 0.923. The number of esters is 1. The molecule has 0 spiro atoms. The molecule has 0 aromatic carbocycles. The minimum Gasteiger partial charge on any atom is -0.465 e. The van der Waals surface area contributed by atoms with Gasteiger partial charge in [0.15, 0.2) is 0 Å². The van der Waals surface area contributed by atoms with Gasteiger partial charge in [0.05, 0.1) is 6.61 Å². The van der Waals surface area contributed by atoms with E-state index in [9.17, 15) is 4.79 Å². The standard InChI is InChI=1S/C13H26N2O2/c1-3-8-14-9-11-15-10-6-5-7-12(15)13(16)17-4-2/h12,14H,3-11H2,1-2H3. The van der Waals surface area contributed by atoms with E-state index in [2.05, 4.69) is 17.1 Å². The first-order valence-electron chi connectivity index (χ1n) is 6.91. The van der Waals surface area contributed by atoms with Crippen LogP contribution >= 0.6 is 0 Å². The Morgan fingerprint density at radius 2 is 2.18 bits per heavy atom. The summed E-state index contributed by atoms with van der Waals surface area (Å²) in [6, 6.07) is -0.00729. The Kier molecular flexibility index (Phi) is 7.21. The van der Waals surface area contributed by atoms with E-state index in [1.54, 1.807) is 0 Å². The zero-order valence-corrected chi connectivity index (χ0v) is 11.2. The highest BCUT2D eigenvalue weighted by Crippen LogP contribution is 2.17. The van der Waals surface area contributed by atoms with Crippen molar-refractivity contribution in [1.29, 1.82) is 0 Å². The summed E-state index contributed by atoms with van der Waals surface area (Å²) in [4.78, 5) is 14.1. The maximum absolute atomic E-state index is 11.8. The molecular formula is C13H26N2O2. The van der Waals surface area contributed by atoms with Gasteiger partial charge < -0.3 is 10.1 Å². The van der Waals surface area contributed by atoms with E-state index in [-0.39, 0.29) is 12.0 Å². The lowest BCUT2D eigenvalue weighted by Gasteiger charge is -2.33. The van der Waals surface area contributed by atoms with Gasteiger partial charge in [-0.05, 0) is 39.3 Å². The number of rotatable bonds is 7. The third kappa shape index (κ3) is 5.04. The fourth-order valence-corrected chi connectivity index (χ4v) is 2.29. The first kappa shape index (κ1) is 14.5. The van der Waals surface area contributed by atoms with Crippen molar-refractivity contribution in [2.24, 2.45) is 0 Å². The Hall–Kier alpha value is -0.610. The molecule has 100 valence electrons. The van der Waals surface area contributed by atoms with Crippen molar-refractivity contribution >= 4 is 5.97 Å². The fourth-order valence-electron chi connectivity index (χ4n) is 2.29. The number of likely N-dealkylation sites (tertiary alicyclic amines) is 1. The van der Waals surface area contributed by atoms with Crippen LogP contribution in [0.5, 0.6) is 0 Å². The third-order valence-electron chi connectivity index (χ3n) is 3.17. The van der Waals surface area contributed by atoms with Gasteiger partial charge in [0.1, 0.15) is 6.04 Å². The first-order chi connectivity index (χ1) is 8.29. The van der Waals surface area contributed by atoms with E-state index < -0.39 is 0 Å². The van der Waals surface area contributed by atoms with Crippen LogP contribution in [-0.2, 0) is 9.53 Å². The molecular weight excluding hydrogens is 216 g/mol. The highest BCUT2D eigenvalue weighted by Gasteiger charge is 2.29. The lowest BCUT2D eigenvalue weighted by Crippen LogP contribution is -2.47. The van der Waals surface area contributed by atoms with Crippen LogP contribution in [0.15, 0.2) is 0 Å².